The smallest absolute Gasteiger partial charge is 0.258 e. The Morgan fingerprint density at radius 2 is 2.00 bits per heavy atom. The number of nitrogens with one attached hydrogen (secondary N) is 1. The molecule has 1 aliphatic heterocycles. The van der Waals surface area contributed by atoms with E-state index < -0.39 is 0 Å². The predicted octanol–water partition coefficient (Wildman–Crippen LogP) is 1.61. The van der Waals surface area contributed by atoms with E-state index in [9.17, 15) is 4.79 Å². The highest BCUT2D eigenvalue weighted by molar-refractivity contribution is 5.77. The average molecular weight is 336 g/mol. The monoisotopic (exact) mass is 336 g/mol. The van der Waals surface area contributed by atoms with Gasteiger partial charge in [0.15, 0.2) is 18.1 Å². The summed E-state index contributed by atoms with van der Waals surface area (Å²) in [5.41, 5.74) is 0.969. The van der Waals surface area contributed by atoms with E-state index in [2.05, 4.69) is 24.1 Å². The minimum Gasteiger partial charge on any atom is -0.493 e. The number of ether oxygens (including phenoxy) is 3. The molecule has 1 fully saturated rings. The van der Waals surface area contributed by atoms with Gasteiger partial charge in [-0.3, -0.25) is 9.69 Å². The fraction of sp³-hybridized carbons (Fsp3) is 0.611. The van der Waals surface area contributed by atoms with Crippen LogP contribution in [0.4, 0.5) is 0 Å². The maximum atomic E-state index is 12.1. The van der Waals surface area contributed by atoms with Crippen molar-refractivity contribution in [1.29, 1.82) is 0 Å². The van der Waals surface area contributed by atoms with E-state index in [-0.39, 0.29) is 18.1 Å². The second-order valence-corrected chi connectivity index (χ2v) is 6.63. The van der Waals surface area contributed by atoms with Crippen molar-refractivity contribution in [3.63, 3.8) is 0 Å². The number of aryl methyl sites for hydroxylation is 1. The largest absolute Gasteiger partial charge is 0.493 e. The Bertz CT molecular complexity index is 554. The highest BCUT2D eigenvalue weighted by Crippen LogP contribution is 2.27. The van der Waals surface area contributed by atoms with Gasteiger partial charge in [0.05, 0.1) is 20.3 Å². The molecule has 0 saturated carbocycles. The first-order valence-corrected chi connectivity index (χ1v) is 8.29. The quantitative estimate of drug-likeness (QED) is 0.820. The van der Waals surface area contributed by atoms with Gasteiger partial charge in [-0.25, -0.2) is 0 Å². The molecule has 134 valence electrons. The SMILES string of the molecule is COc1cc(C)ccc1OCC(=O)NCC(C)(C)N1CCOCC1. The molecule has 0 radical (unpaired) electrons. The summed E-state index contributed by atoms with van der Waals surface area (Å²) in [6.07, 6.45) is 0. The number of rotatable bonds is 7. The third-order valence-corrected chi connectivity index (χ3v) is 4.26. The van der Waals surface area contributed by atoms with Crippen LogP contribution in [0, 0.1) is 6.92 Å². The number of methoxy groups -OCH3 is 1. The van der Waals surface area contributed by atoms with Crippen molar-refractivity contribution < 1.29 is 19.0 Å². The molecular weight excluding hydrogens is 308 g/mol. The van der Waals surface area contributed by atoms with Gasteiger partial charge in [0, 0.05) is 25.2 Å². The van der Waals surface area contributed by atoms with E-state index in [0.29, 0.717) is 18.0 Å². The van der Waals surface area contributed by atoms with Crippen molar-refractivity contribution in [2.24, 2.45) is 0 Å². The lowest BCUT2D eigenvalue weighted by Gasteiger charge is -2.40. The Morgan fingerprint density at radius 3 is 2.67 bits per heavy atom. The first-order valence-electron chi connectivity index (χ1n) is 8.29. The third-order valence-electron chi connectivity index (χ3n) is 4.26. The molecule has 24 heavy (non-hydrogen) atoms. The molecule has 0 atom stereocenters. The average Bonchev–Trinajstić information content (AvgIpc) is 2.59. The Hall–Kier alpha value is -1.79. The van der Waals surface area contributed by atoms with Crippen molar-refractivity contribution in [2.45, 2.75) is 26.3 Å². The van der Waals surface area contributed by atoms with E-state index in [4.69, 9.17) is 14.2 Å². The lowest BCUT2D eigenvalue weighted by molar-refractivity contribution is -0.123. The summed E-state index contributed by atoms with van der Waals surface area (Å²) >= 11 is 0. The number of carbonyl (C=O) groups excluding carboxylic acids is 1. The second-order valence-electron chi connectivity index (χ2n) is 6.63. The van der Waals surface area contributed by atoms with Crippen molar-refractivity contribution in [3.05, 3.63) is 23.8 Å². The Balaban J connectivity index is 1.81. The standard InChI is InChI=1S/C18H28N2O4/c1-14-5-6-15(16(11-14)22-4)24-12-17(21)19-13-18(2,3)20-7-9-23-10-8-20/h5-6,11H,7-10,12-13H2,1-4H3,(H,19,21). The summed E-state index contributed by atoms with van der Waals surface area (Å²) in [4.78, 5) is 14.4. The molecule has 0 aromatic heterocycles. The summed E-state index contributed by atoms with van der Waals surface area (Å²) in [6, 6.07) is 5.63. The van der Waals surface area contributed by atoms with Crippen molar-refractivity contribution in [3.8, 4) is 11.5 Å². The van der Waals surface area contributed by atoms with E-state index in [1.807, 2.05) is 25.1 Å². The van der Waals surface area contributed by atoms with Crippen LogP contribution in [0.2, 0.25) is 0 Å². The van der Waals surface area contributed by atoms with E-state index >= 15 is 0 Å². The predicted molar refractivity (Wildman–Crippen MR) is 92.7 cm³/mol. The fourth-order valence-electron chi connectivity index (χ4n) is 2.68. The molecule has 0 bridgehead atoms. The molecule has 1 aromatic carbocycles. The van der Waals surface area contributed by atoms with Crippen LogP contribution in [0.1, 0.15) is 19.4 Å². The maximum absolute atomic E-state index is 12.1. The number of nitrogens with zero attached hydrogens (tertiary/aromatic N) is 1. The third kappa shape index (κ3) is 5.11. The summed E-state index contributed by atoms with van der Waals surface area (Å²) in [5.74, 6) is 1.07. The normalized spacial score (nSPS) is 15.8. The van der Waals surface area contributed by atoms with Crippen LogP contribution in [0.3, 0.4) is 0 Å². The van der Waals surface area contributed by atoms with Crippen LogP contribution >= 0.6 is 0 Å². The molecule has 1 saturated heterocycles. The number of morpholine rings is 1. The fourth-order valence-corrected chi connectivity index (χ4v) is 2.68. The molecule has 1 aromatic rings. The number of amides is 1. The van der Waals surface area contributed by atoms with Gasteiger partial charge >= 0.3 is 0 Å². The Labute approximate surface area is 144 Å². The van der Waals surface area contributed by atoms with Gasteiger partial charge < -0.3 is 19.5 Å². The topological polar surface area (TPSA) is 60.0 Å². The molecule has 0 spiro atoms. The van der Waals surface area contributed by atoms with Crippen LogP contribution in [0.25, 0.3) is 0 Å². The zero-order valence-corrected chi connectivity index (χ0v) is 15.1. The summed E-state index contributed by atoms with van der Waals surface area (Å²) in [7, 11) is 1.59. The van der Waals surface area contributed by atoms with E-state index in [1.54, 1.807) is 7.11 Å². The molecule has 1 amide bonds. The molecule has 0 aliphatic carbocycles. The van der Waals surface area contributed by atoms with Gasteiger partial charge in [-0.15, -0.1) is 0 Å². The summed E-state index contributed by atoms with van der Waals surface area (Å²) < 4.78 is 16.2. The highest BCUT2D eigenvalue weighted by Gasteiger charge is 2.28. The lowest BCUT2D eigenvalue weighted by Crippen LogP contribution is -2.55. The van der Waals surface area contributed by atoms with Crippen LogP contribution in [-0.2, 0) is 9.53 Å². The summed E-state index contributed by atoms with van der Waals surface area (Å²) in [6.45, 7) is 10.0. The van der Waals surface area contributed by atoms with Gasteiger partial charge in [0.2, 0.25) is 0 Å². The number of carbonyl (C=O) groups is 1. The zero-order chi connectivity index (χ0) is 17.6. The molecule has 1 N–H and O–H groups in total. The van der Waals surface area contributed by atoms with Gasteiger partial charge in [-0.1, -0.05) is 6.07 Å². The Kier molecular flexibility index (Phi) is 6.45. The van der Waals surface area contributed by atoms with Crippen LogP contribution in [0.5, 0.6) is 11.5 Å². The Morgan fingerprint density at radius 1 is 1.29 bits per heavy atom. The van der Waals surface area contributed by atoms with Crippen LogP contribution in [0.15, 0.2) is 18.2 Å². The number of hydrogen-bond donors (Lipinski definition) is 1. The van der Waals surface area contributed by atoms with Crippen molar-refractivity contribution >= 4 is 5.91 Å². The number of benzene rings is 1. The number of hydrogen-bond acceptors (Lipinski definition) is 5. The van der Waals surface area contributed by atoms with Crippen molar-refractivity contribution in [1.82, 2.24) is 10.2 Å². The van der Waals surface area contributed by atoms with Crippen molar-refractivity contribution in [2.75, 3.05) is 46.6 Å². The van der Waals surface area contributed by atoms with E-state index in [1.165, 1.54) is 0 Å². The van der Waals surface area contributed by atoms with Crippen LogP contribution in [-0.4, -0.2) is 62.9 Å². The first kappa shape index (κ1) is 18.5. The first-order chi connectivity index (χ1) is 11.4. The maximum Gasteiger partial charge on any atom is 0.258 e. The molecule has 1 aliphatic rings. The zero-order valence-electron chi connectivity index (χ0n) is 15.1. The molecule has 6 nitrogen and oxygen atoms in total. The molecule has 0 unspecified atom stereocenters. The van der Waals surface area contributed by atoms with Gasteiger partial charge in [-0.05, 0) is 38.5 Å². The molecular formula is C18H28N2O4. The minimum atomic E-state index is -0.140. The van der Waals surface area contributed by atoms with Crippen LogP contribution < -0.4 is 14.8 Å². The minimum absolute atomic E-state index is 0.0292. The van der Waals surface area contributed by atoms with Gasteiger partial charge in [-0.2, -0.15) is 0 Å². The van der Waals surface area contributed by atoms with Gasteiger partial charge in [0.25, 0.3) is 5.91 Å². The summed E-state index contributed by atoms with van der Waals surface area (Å²) in [5, 5.41) is 2.95. The molecule has 2 rings (SSSR count). The van der Waals surface area contributed by atoms with E-state index in [0.717, 1.165) is 31.9 Å². The lowest BCUT2D eigenvalue weighted by atomic mass is 10.0. The van der Waals surface area contributed by atoms with Gasteiger partial charge in [0.1, 0.15) is 0 Å². The highest BCUT2D eigenvalue weighted by atomic mass is 16.5. The molecule has 6 heteroatoms. The molecule has 1 heterocycles. The second kappa shape index (κ2) is 8.35.